The number of ether oxygens (including phenoxy) is 5. The zero-order valence-electron chi connectivity index (χ0n) is 44.3. The highest BCUT2D eigenvalue weighted by Crippen LogP contribution is 2.19. The standard InChI is InChI=1S/C58H113NO7/c1-4-7-10-13-16-19-22-24-26-28-30-32-35-38-41-44-49-64-55-57(65-50-45-42-39-36-33-31-29-27-25-23-20-17-14-11-8-5-2)56(46-43-40-37-34-21-18-15-12-9-6-3)66-58(61)59-47-51-62-53-54-63-52-48-60/h24-27,56-57,60H,4-23,28-55H2,1-3H3,(H,59,61)/b26-24-,27-25-. The van der Waals surface area contributed by atoms with Crippen molar-refractivity contribution in [2.75, 3.05) is 59.4 Å². The first-order valence-electron chi connectivity index (χ1n) is 28.9. The van der Waals surface area contributed by atoms with Crippen LogP contribution in [0.4, 0.5) is 4.79 Å². The Bertz CT molecular complexity index is 977. The van der Waals surface area contributed by atoms with Crippen LogP contribution in [0.1, 0.15) is 271 Å². The molecule has 0 fully saturated rings. The average molecular weight is 937 g/mol. The lowest BCUT2D eigenvalue weighted by atomic mass is 10.0. The Morgan fingerprint density at radius 1 is 0.409 bits per heavy atom. The number of amides is 1. The first-order valence-corrected chi connectivity index (χ1v) is 28.9. The summed E-state index contributed by atoms with van der Waals surface area (Å²) in [7, 11) is 0. The molecule has 8 nitrogen and oxygen atoms in total. The van der Waals surface area contributed by atoms with E-state index in [1.54, 1.807) is 0 Å². The van der Waals surface area contributed by atoms with E-state index >= 15 is 0 Å². The molecule has 0 saturated carbocycles. The van der Waals surface area contributed by atoms with E-state index in [1.165, 1.54) is 212 Å². The fraction of sp³-hybridized carbons (Fsp3) is 0.914. The number of rotatable bonds is 56. The van der Waals surface area contributed by atoms with Gasteiger partial charge in [0.05, 0.1) is 39.6 Å². The van der Waals surface area contributed by atoms with Gasteiger partial charge in [0.15, 0.2) is 0 Å². The minimum atomic E-state index is -0.425. The van der Waals surface area contributed by atoms with E-state index in [2.05, 4.69) is 50.4 Å². The van der Waals surface area contributed by atoms with Crippen molar-refractivity contribution in [2.45, 2.75) is 283 Å². The van der Waals surface area contributed by atoms with Crippen molar-refractivity contribution in [3.63, 3.8) is 0 Å². The number of nitrogens with one attached hydrogen (secondary N) is 1. The van der Waals surface area contributed by atoms with Gasteiger partial charge in [-0.1, -0.05) is 218 Å². The predicted octanol–water partition coefficient (Wildman–Crippen LogP) is 16.9. The van der Waals surface area contributed by atoms with E-state index in [9.17, 15) is 4.79 Å². The fourth-order valence-corrected chi connectivity index (χ4v) is 8.44. The molecule has 0 aliphatic rings. The molecule has 2 atom stereocenters. The van der Waals surface area contributed by atoms with Crippen LogP contribution in [0.2, 0.25) is 0 Å². The predicted molar refractivity (Wildman–Crippen MR) is 283 cm³/mol. The highest BCUT2D eigenvalue weighted by molar-refractivity contribution is 5.67. The zero-order valence-corrected chi connectivity index (χ0v) is 44.3. The maximum Gasteiger partial charge on any atom is 0.407 e. The number of hydrogen-bond acceptors (Lipinski definition) is 7. The zero-order chi connectivity index (χ0) is 47.7. The summed E-state index contributed by atoms with van der Waals surface area (Å²) in [6.07, 6.45) is 58.0. The molecular weight excluding hydrogens is 823 g/mol. The van der Waals surface area contributed by atoms with Gasteiger partial charge in [-0.25, -0.2) is 4.79 Å². The number of hydrogen-bond donors (Lipinski definition) is 2. The van der Waals surface area contributed by atoms with Crippen molar-refractivity contribution in [1.82, 2.24) is 5.32 Å². The molecule has 0 aromatic carbocycles. The summed E-state index contributed by atoms with van der Waals surface area (Å²) in [6, 6.07) is 0. The van der Waals surface area contributed by atoms with Crippen LogP contribution >= 0.6 is 0 Å². The Morgan fingerprint density at radius 3 is 1.23 bits per heavy atom. The third kappa shape index (κ3) is 51.9. The molecule has 0 aromatic heterocycles. The molecule has 0 aromatic rings. The van der Waals surface area contributed by atoms with Crippen molar-refractivity contribution in [3.05, 3.63) is 24.3 Å². The molecule has 8 heteroatoms. The van der Waals surface area contributed by atoms with E-state index in [0.717, 1.165) is 38.5 Å². The van der Waals surface area contributed by atoms with E-state index in [4.69, 9.17) is 28.8 Å². The minimum absolute atomic E-state index is 0.00102. The molecule has 0 radical (unpaired) electrons. The average Bonchev–Trinajstić information content (AvgIpc) is 3.32. The van der Waals surface area contributed by atoms with Gasteiger partial charge in [0.25, 0.3) is 0 Å². The van der Waals surface area contributed by atoms with Crippen LogP contribution in [-0.2, 0) is 23.7 Å². The highest BCUT2D eigenvalue weighted by Gasteiger charge is 2.26. The Morgan fingerprint density at radius 2 is 0.788 bits per heavy atom. The van der Waals surface area contributed by atoms with Gasteiger partial charge in [-0.3, -0.25) is 0 Å². The van der Waals surface area contributed by atoms with Crippen LogP contribution < -0.4 is 5.32 Å². The van der Waals surface area contributed by atoms with Crippen molar-refractivity contribution in [3.8, 4) is 0 Å². The van der Waals surface area contributed by atoms with Crippen LogP contribution in [0.25, 0.3) is 0 Å². The first-order chi connectivity index (χ1) is 32.7. The number of aliphatic hydroxyl groups is 1. The second-order valence-corrected chi connectivity index (χ2v) is 19.1. The number of alkyl carbamates (subject to hydrolysis) is 1. The summed E-state index contributed by atoms with van der Waals surface area (Å²) in [6.45, 7) is 10.5. The fourth-order valence-electron chi connectivity index (χ4n) is 8.44. The molecule has 0 bridgehead atoms. The second-order valence-electron chi connectivity index (χ2n) is 19.1. The summed E-state index contributed by atoms with van der Waals surface area (Å²) < 4.78 is 29.9. The van der Waals surface area contributed by atoms with Gasteiger partial charge in [-0.05, 0) is 77.0 Å². The second kappa shape index (κ2) is 57.9. The highest BCUT2D eigenvalue weighted by atomic mass is 16.6. The third-order valence-corrected chi connectivity index (χ3v) is 12.7. The molecule has 66 heavy (non-hydrogen) atoms. The summed E-state index contributed by atoms with van der Waals surface area (Å²) in [4.78, 5) is 13.1. The van der Waals surface area contributed by atoms with Gasteiger partial charge in [-0.15, -0.1) is 0 Å². The summed E-state index contributed by atoms with van der Waals surface area (Å²) in [5, 5.41) is 11.8. The number of unbranched alkanes of at least 4 members (excludes halogenated alkanes) is 33. The van der Waals surface area contributed by atoms with Gasteiger partial charge < -0.3 is 34.1 Å². The largest absolute Gasteiger partial charge is 0.443 e. The van der Waals surface area contributed by atoms with Gasteiger partial charge in [0.1, 0.15) is 12.2 Å². The lowest BCUT2D eigenvalue weighted by Gasteiger charge is -2.27. The van der Waals surface area contributed by atoms with Gasteiger partial charge in [0, 0.05) is 19.8 Å². The number of aliphatic hydroxyl groups excluding tert-OH is 1. The summed E-state index contributed by atoms with van der Waals surface area (Å²) in [5.74, 6) is 0. The Hall–Kier alpha value is -1.45. The lowest BCUT2D eigenvalue weighted by molar-refractivity contribution is -0.0864. The van der Waals surface area contributed by atoms with E-state index in [-0.39, 0.29) is 18.8 Å². The summed E-state index contributed by atoms with van der Waals surface area (Å²) in [5.41, 5.74) is 0. The van der Waals surface area contributed by atoms with Crippen molar-refractivity contribution in [2.24, 2.45) is 0 Å². The number of carbonyl (C=O) groups excluding carboxylic acids is 1. The molecule has 0 aliphatic carbocycles. The van der Waals surface area contributed by atoms with E-state index in [1.807, 2.05) is 0 Å². The summed E-state index contributed by atoms with van der Waals surface area (Å²) >= 11 is 0. The van der Waals surface area contributed by atoms with Gasteiger partial charge in [0.2, 0.25) is 0 Å². The molecule has 0 rings (SSSR count). The Balaban J connectivity index is 4.93. The maximum absolute atomic E-state index is 13.1. The lowest BCUT2D eigenvalue weighted by Crippen LogP contribution is -2.41. The quantitative estimate of drug-likeness (QED) is 0.0463. The molecule has 2 unspecified atom stereocenters. The smallest absolute Gasteiger partial charge is 0.407 e. The minimum Gasteiger partial charge on any atom is -0.443 e. The molecule has 392 valence electrons. The molecule has 0 saturated heterocycles. The topological polar surface area (TPSA) is 95.5 Å². The molecule has 0 heterocycles. The number of carbonyl (C=O) groups is 1. The molecule has 1 amide bonds. The van der Waals surface area contributed by atoms with Crippen LogP contribution in [0.15, 0.2) is 24.3 Å². The van der Waals surface area contributed by atoms with Crippen molar-refractivity contribution in [1.29, 1.82) is 0 Å². The molecule has 0 aliphatic heterocycles. The van der Waals surface area contributed by atoms with E-state index < -0.39 is 6.09 Å². The Labute approximate surface area is 410 Å². The van der Waals surface area contributed by atoms with Crippen molar-refractivity contribution >= 4 is 6.09 Å². The van der Waals surface area contributed by atoms with Gasteiger partial charge in [-0.2, -0.15) is 0 Å². The van der Waals surface area contributed by atoms with Crippen LogP contribution in [-0.4, -0.2) is 82.8 Å². The third-order valence-electron chi connectivity index (χ3n) is 12.7. The SMILES string of the molecule is CCCCCCCC/C=C\CCCCCCCCOCC(OCCCCCCCC/C=C\CCCCCCCC)C(CCCCCCCCCCCC)OC(=O)NCCOCCOCCO. The molecule has 2 N–H and O–H groups in total. The van der Waals surface area contributed by atoms with Crippen LogP contribution in [0, 0.1) is 0 Å². The maximum atomic E-state index is 13.1. The molecular formula is C58H113NO7. The molecule has 0 spiro atoms. The van der Waals surface area contributed by atoms with E-state index in [0.29, 0.717) is 52.8 Å². The monoisotopic (exact) mass is 936 g/mol. The van der Waals surface area contributed by atoms with Gasteiger partial charge >= 0.3 is 6.09 Å². The van der Waals surface area contributed by atoms with Crippen molar-refractivity contribution < 1.29 is 33.6 Å². The number of allylic oxidation sites excluding steroid dienone is 4. The normalized spacial score (nSPS) is 12.8. The Kier molecular flexibility index (Phi) is 56.6. The first kappa shape index (κ1) is 64.5. The van der Waals surface area contributed by atoms with Crippen LogP contribution in [0.3, 0.4) is 0 Å². The van der Waals surface area contributed by atoms with Crippen LogP contribution in [0.5, 0.6) is 0 Å².